The molecule has 2 nitrogen and oxygen atoms in total. The first-order chi connectivity index (χ1) is 10.3. The lowest BCUT2D eigenvalue weighted by molar-refractivity contribution is -0.123. The first-order valence-corrected chi connectivity index (χ1v) is 7.66. The summed E-state index contributed by atoms with van der Waals surface area (Å²) in [6, 6.07) is 20.2. The molecule has 3 heteroatoms. The Morgan fingerprint density at radius 1 is 0.905 bits per heavy atom. The normalized spacial score (nSPS) is 15.9. The standard InChI is InChI=1S/C18H15NOS/c20-18-12-11-16(14-21-17-9-5-2-6-10-17)19(18)13-15-7-3-1-4-8-15/h1-12,14H,13H2/b16-14-. The average molecular weight is 293 g/mol. The Bertz CT molecular complexity index is 677. The van der Waals surface area contributed by atoms with Gasteiger partial charge in [-0.15, -0.1) is 0 Å². The molecule has 1 aliphatic heterocycles. The van der Waals surface area contributed by atoms with Crippen LogP contribution in [0.5, 0.6) is 0 Å². The number of carbonyl (C=O) groups excluding carboxylic acids is 1. The zero-order valence-corrected chi connectivity index (χ0v) is 12.3. The van der Waals surface area contributed by atoms with Crippen molar-refractivity contribution in [1.82, 2.24) is 4.90 Å². The molecular weight excluding hydrogens is 278 g/mol. The summed E-state index contributed by atoms with van der Waals surface area (Å²) in [5.74, 6) is 0.0405. The Hall–Kier alpha value is -2.26. The van der Waals surface area contributed by atoms with E-state index in [4.69, 9.17) is 0 Å². The molecule has 0 unspecified atom stereocenters. The quantitative estimate of drug-likeness (QED) is 0.787. The fourth-order valence-electron chi connectivity index (χ4n) is 2.13. The molecule has 1 aliphatic rings. The molecule has 2 aromatic rings. The molecule has 0 aromatic heterocycles. The zero-order valence-electron chi connectivity index (χ0n) is 11.5. The van der Waals surface area contributed by atoms with Crippen LogP contribution in [0.2, 0.25) is 0 Å². The van der Waals surface area contributed by atoms with Crippen LogP contribution < -0.4 is 0 Å². The van der Waals surface area contributed by atoms with E-state index in [0.29, 0.717) is 6.54 Å². The van der Waals surface area contributed by atoms with E-state index in [1.807, 2.05) is 60.0 Å². The first kappa shape index (κ1) is 13.7. The molecule has 0 fully saturated rings. The minimum absolute atomic E-state index is 0.0405. The minimum atomic E-state index is 0.0405. The smallest absolute Gasteiger partial charge is 0.251 e. The predicted molar refractivity (Wildman–Crippen MR) is 86.5 cm³/mol. The molecule has 0 radical (unpaired) electrons. The second-order valence-corrected chi connectivity index (χ2v) is 5.66. The van der Waals surface area contributed by atoms with Crippen molar-refractivity contribution in [2.24, 2.45) is 0 Å². The largest absolute Gasteiger partial charge is 0.304 e. The molecule has 0 spiro atoms. The van der Waals surface area contributed by atoms with Gasteiger partial charge in [-0.3, -0.25) is 4.79 Å². The van der Waals surface area contributed by atoms with E-state index < -0.39 is 0 Å². The summed E-state index contributed by atoms with van der Waals surface area (Å²) in [7, 11) is 0. The van der Waals surface area contributed by atoms with Gasteiger partial charge in [-0.05, 0) is 29.2 Å². The van der Waals surface area contributed by atoms with Crippen molar-refractivity contribution in [3.05, 3.63) is 89.5 Å². The molecule has 2 aromatic carbocycles. The summed E-state index contributed by atoms with van der Waals surface area (Å²) in [6.45, 7) is 0.605. The maximum Gasteiger partial charge on any atom is 0.251 e. The summed E-state index contributed by atoms with van der Waals surface area (Å²) in [5.41, 5.74) is 2.07. The molecule has 1 heterocycles. The summed E-state index contributed by atoms with van der Waals surface area (Å²) < 4.78 is 0. The van der Waals surface area contributed by atoms with E-state index in [1.54, 1.807) is 22.7 Å². The fraction of sp³-hybridized carbons (Fsp3) is 0.0556. The summed E-state index contributed by atoms with van der Waals surface area (Å²) in [5, 5.41) is 2.03. The molecule has 104 valence electrons. The number of thioether (sulfide) groups is 1. The molecular formula is C18H15NOS. The van der Waals surface area contributed by atoms with Crippen molar-refractivity contribution < 1.29 is 4.79 Å². The topological polar surface area (TPSA) is 20.3 Å². The molecule has 1 amide bonds. The summed E-state index contributed by atoms with van der Waals surface area (Å²) in [4.78, 5) is 15.0. The second-order valence-electron chi connectivity index (χ2n) is 4.72. The Morgan fingerprint density at radius 2 is 1.57 bits per heavy atom. The van der Waals surface area contributed by atoms with Gasteiger partial charge in [-0.25, -0.2) is 0 Å². The highest BCUT2D eigenvalue weighted by molar-refractivity contribution is 8.02. The number of benzene rings is 2. The van der Waals surface area contributed by atoms with Gasteiger partial charge in [0, 0.05) is 11.0 Å². The molecule has 21 heavy (non-hydrogen) atoms. The van der Waals surface area contributed by atoms with Crippen molar-refractivity contribution in [3.8, 4) is 0 Å². The highest BCUT2D eigenvalue weighted by Crippen LogP contribution is 2.25. The van der Waals surface area contributed by atoms with Crippen molar-refractivity contribution >= 4 is 17.7 Å². The number of amides is 1. The number of allylic oxidation sites excluding steroid dienone is 1. The maximum absolute atomic E-state index is 12.0. The molecule has 0 saturated carbocycles. The van der Waals surface area contributed by atoms with Gasteiger partial charge in [-0.2, -0.15) is 0 Å². The van der Waals surface area contributed by atoms with Gasteiger partial charge >= 0.3 is 0 Å². The number of carbonyl (C=O) groups is 1. The molecule has 0 atom stereocenters. The molecule has 0 saturated heterocycles. The van der Waals surface area contributed by atoms with Crippen LogP contribution in [-0.2, 0) is 11.3 Å². The number of rotatable bonds is 4. The van der Waals surface area contributed by atoms with Crippen molar-refractivity contribution in [3.63, 3.8) is 0 Å². The Kier molecular flexibility index (Phi) is 4.22. The Labute approximate surface area is 128 Å². The van der Waals surface area contributed by atoms with Gasteiger partial charge in [0.05, 0.1) is 12.2 Å². The second kappa shape index (κ2) is 6.46. The van der Waals surface area contributed by atoms with Crippen LogP contribution in [0.15, 0.2) is 88.8 Å². The van der Waals surface area contributed by atoms with Crippen LogP contribution in [0.1, 0.15) is 5.56 Å². The van der Waals surface area contributed by atoms with Gasteiger partial charge in [0.25, 0.3) is 5.91 Å². The number of hydrogen-bond donors (Lipinski definition) is 0. The van der Waals surface area contributed by atoms with Crippen LogP contribution in [0.3, 0.4) is 0 Å². The highest BCUT2D eigenvalue weighted by atomic mass is 32.2. The van der Waals surface area contributed by atoms with Gasteiger partial charge in [0.2, 0.25) is 0 Å². The highest BCUT2D eigenvalue weighted by Gasteiger charge is 2.20. The van der Waals surface area contributed by atoms with E-state index >= 15 is 0 Å². The van der Waals surface area contributed by atoms with Crippen LogP contribution in [-0.4, -0.2) is 10.8 Å². The van der Waals surface area contributed by atoms with Crippen LogP contribution in [0, 0.1) is 0 Å². The lowest BCUT2D eigenvalue weighted by Crippen LogP contribution is -2.23. The van der Waals surface area contributed by atoms with E-state index in [-0.39, 0.29) is 5.91 Å². The molecule has 3 rings (SSSR count). The van der Waals surface area contributed by atoms with Crippen molar-refractivity contribution in [2.75, 3.05) is 0 Å². The van der Waals surface area contributed by atoms with E-state index in [1.165, 1.54) is 0 Å². The third kappa shape index (κ3) is 3.44. The number of hydrogen-bond acceptors (Lipinski definition) is 2. The number of nitrogens with zero attached hydrogens (tertiary/aromatic N) is 1. The van der Waals surface area contributed by atoms with Gasteiger partial charge in [-0.1, -0.05) is 60.3 Å². The van der Waals surface area contributed by atoms with Crippen molar-refractivity contribution in [2.45, 2.75) is 11.4 Å². The Balaban J connectivity index is 1.74. The van der Waals surface area contributed by atoms with E-state index in [0.717, 1.165) is 16.2 Å². The monoisotopic (exact) mass is 293 g/mol. The van der Waals surface area contributed by atoms with Crippen LogP contribution in [0.4, 0.5) is 0 Å². The molecule has 0 N–H and O–H groups in total. The zero-order chi connectivity index (χ0) is 14.5. The Morgan fingerprint density at radius 3 is 2.29 bits per heavy atom. The maximum atomic E-state index is 12.0. The molecule has 0 aliphatic carbocycles. The van der Waals surface area contributed by atoms with Crippen LogP contribution >= 0.6 is 11.8 Å². The van der Waals surface area contributed by atoms with E-state index in [2.05, 4.69) is 12.1 Å². The third-order valence-electron chi connectivity index (χ3n) is 3.22. The SMILES string of the molecule is O=C1C=C/C(=C/Sc2ccccc2)N1Cc1ccccc1. The fourth-order valence-corrected chi connectivity index (χ4v) is 2.91. The van der Waals surface area contributed by atoms with Gasteiger partial charge in [0.1, 0.15) is 0 Å². The van der Waals surface area contributed by atoms with Crippen molar-refractivity contribution in [1.29, 1.82) is 0 Å². The van der Waals surface area contributed by atoms with Crippen LogP contribution in [0.25, 0.3) is 0 Å². The third-order valence-corrected chi connectivity index (χ3v) is 4.12. The first-order valence-electron chi connectivity index (χ1n) is 6.78. The lowest BCUT2D eigenvalue weighted by Gasteiger charge is -2.18. The molecule has 0 bridgehead atoms. The lowest BCUT2D eigenvalue weighted by atomic mass is 10.2. The van der Waals surface area contributed by atoms with Gasteiger partial charge in [0.15, 0.2) is 0 Å². The summed E-state index contributed by atoms with van der Waals surface area (Å²) in [6.07, 6.45) is 3.50. The minimum Gasteiger partial charge on any atom is -0.304 e. The summed E-state index contributed by atoms with van der Waals surface area (Å²) >= 11 is 1.63. The average Bonchev–Trinajstić information content (AvgIpc) is 2.88. The van der Waals surface area contributed by atoms with E-state index in [9.17, 15) is 4.79 Å². The van der Waals surface area contributed by atoms with Gasteiger partial charge < -0.3 is 4.90 Å². The predicted octanol–water partition coefficient (Wildman–Crippen LogP) is 4.22.